The molecule has 1 aliphatic rings. The highest BCUT2D eigenvalue weighted by molar-refractivity contribution is 6.35. The Morgan fingerprint density at radius 2 is 1.56 bits per heavy atom. The van der Waals surface area contributed by atoms with Crippen molar-refractivity contribution in [2.45, 2.75) is 18.2 Å². The lowest BCUT2D eigenvalue weighted by Gasteiger charge is -2.14. The maximum atomic E-state index is 13.6. The minimum atomic E-state index is -0.619. The minimum Gasteiger partial charge on any atom is -0.354 e. The highest BCUT2D eigenvalue weighted by atomic mass is 35.5. The molecule has 1 saturated heterocycles. The molecule has 0 N–H and O–H groups in total. The fraction of sp³-hybridized carbons (Fsp3) is 0.0909. The molecule has 10 nitrogen and oxygen atoms in total. The standard InChI is InChI=1S/C17H13ClFN3O.C16H8Cl2FN5O/c18-15-4-2-1-3-14(15)16-17(23-16,9-22-11-20-10-21-22)12-5-7-13(19)8-6-12;17-9-1-4-14(12(18)5-9)24-15(25)11-6-10(19)2-3-13(11)22-16(24)23-8-20-7-21-23/h1-8,10-11,16H,9H2;1-8H. The number of benzene rings is 4. The van der Waals surface area contributed by atoms with E-state index in [9.17, 15) is 13.6 Å². The van der Waals surface area contributed by atoms with Gasteiger partial charge in [-0.25, -0.2) is 33.0 Å². The van der Waals surface area contributed by atoms with Crippen LogP contribution in [0.15, 0.2) is 115 Å². The van der Waals surface area contributed by atoms with E-state index >= 15 is 0 Å². The van der Waals surface area contributed by atoms with Crippen LogP contribution in [0.4, 0.5) is 8.78 Å². The Bertz CT molecular complexity index is 2300. The monoisotopic (exact) mass is 704 g/mol. The van der Waals surface area contributed by atoms with E-state index in [1.54, 1.807) is 35.3 Å². The molecule has 7 aromatic rings. The molecule has 48 heavy (non-hydrogen) atoms. The Hall–Kier alpha value is -5.01. The number of fused-ring (bicyclic) bond motifs is 1. The largest absolute Gasteiger partial charge is 0.354 e. The average molecular weight is 706 g/mol. The number of hydrogen-bond acceptors (Lipinski definition) is 7. The van der Waals surface area contributed by atoms with Crippen molar-refractivity contribution in [1.29, 1.82) is 0 Å². The summed E-state index contributed by atoms with van der Waals surface area (Å²) in [5, 5.41) is 9.62. The van der Waals surface area contributed by atoms with Gasteiger partial charge in [-0.2, -0.15) is 14.9 Å². The number of aromatic nitrogens is 8. The van der Waals surface area contributed by atoms with Crippen molar-refractivity contribution < 1.29 is 13.5 Å². The number of hydrogen-bond donors (Lipinski definition) is 0. The van der Waals surface area contributed by atoms with Gasteiger partial charge in [-0.3, -0.25) is 4.79 Å². The summed E-state index contributed by atoms with van der Waals surface area (Å²) in [6, 6.07) is 22.4. The molecule has 2 unspecified atom stereocenters. The van der Waals surface area contributed by atoms with Crippen molar-refractivity contribution in [3.8, 4) is 11.6 Å². The van der Waals surface area contributed by atoms with Gasteiger partial charge < -0.3 is 4.74 Å². The summed E-state index contributed by atoms with van der Waals surface area (Å²) in [7, 11) is 0. The SMILES string of the molecule is Fc1ccc(C2(Cn3cncn3)OC2c2ccccc2Cl)cc1.O=c1c2cc(F)ccc2nc(-n2cncn2)n1-c1ccc(Cl)cc1Cl. The molecule has 0 spiro atoms. The van der Waals surface area contributed by atoms with Crippen LogP contribution in [0.3, 0.4) is 0 Å². The van der Waals surface area contributed by atoms with E-state index in [-0.39, 0.29) is 28.3 Å². The molecule has 240 valence electrons. The van der Waals surface area contributed by atoms with Crippen LogP contribution in [0.25, 0.3) is 22.5 Å². The van der Waals surface area contributed by atoms with Crippen molar-refractivity contribution in [1.82, 2.24) is 39.1 Å². The highest BCUT2D eigenvalue weighted by Crippen LogP contribution is 2.59. The van der Waals surface area contributed by atoms with E-state index in [4.69, 9.17) is 39.5 Å². The maximum Gasteiger partial charge on any atom is 0.267 e. The lowest BCUT2D eigenvalue weighted by atomic mass is 9.91. The summed E-state index contributed by atoms with van der Waals surface area (Å²) in [6.45, 7) is 0.481. The third kappa shape index (κ3) is 6.06. The Labute approximate surface area is 285 Å². The molecule has 3 aromatic heterocycles. The summed E-state index contributed by atoms with van der Waals surface area (Å²) in [4.78, 5) is 25.3. The van der Waals surface area contributed by atoms with Crippen LogP contribution in [-0.4, -0.2) is 39.1 Å². The zero-order valence-corrected chi connectivity index (χ0v) is 26.7. The van der Waals surface area contributed by atoms with Crippen molar-refractivity contribution in [3.05, 3.63) is 158 Å². The van der Waals surface area contributed by atoms with Gasteiger partial charge in [0.15, 0.2) is 0 Å². The molecule has 4 aromatic carbocycles. The normalized spacial score (nSPS) is 16.8. The van der Waals surface area contributed by atoms with Gasteiger partial charge in [0.25, 0.3) is 5.56 Å². The second-order valence-electron chi connectivity index (χ2n) is 10.7. The molecule has 8 rings (SSSR count). The fourth-order valence-electron chi connectivity index (χ4n) is 5.39. The van der Waals surface area contributed by atoms with Crippen LogP contribution in [0.5, 0.6) is 0 Å². The molecule has 0 bridgehead atoms. The van der Waals surface area contributed by atoms with Crippen LogP contribution in [0.1, 0.15) is 17.2 Å². The first-order valence-electron chi connectivity index (χ1n) is 14.3. The van der Waals surface area contributed by atoms with E-state index in [0.29, 0.717) is 27.8 Å². The Morgan fingerprint density at radius 1 is 0.812 bits per heavy atom. The van der Waals surface area contributed by atoms with Gasteiger partial charge in [-0.15, -0.1) is 0 Å². The van der Waals surface area contributed by atoms with Crippen LogP contribution >= 0.6 is 34.8 Å². The van der Waals surface area contributed by atoms with Gasteiger partial charge >= 0.3 is 0 Å². The summed E-state index contributed by atoms with van der Waals surface area (Å²) in [5.41, 5.74) is 1.38. The quantitative estimate of drug-likeness (QED) is 0.169. The smallest absolute Gasteiger partial charge is 0.267 e. The fourth-order valence-corrected chi connectivity index (χ4v) is 6.12. The molecular formula is C33H21Cl3F2N8O2. The maximum absolute atomic E-state index is 13.6. The van der Waals surface area contributed by atoms with E-state index in [2.05, 4.69) is 25.1 Å². The molecule has 1 fully saturated rings. The van der Waals surface area contributed by atoms with E-state index < -0.39 is 17.0 Å². The zero-order chi connectivity index (χ0) is 33.4. The molecule has 0 amide bonds. The molecule has 0 aliphatic carbocycles. The molecule has 0 saturated carbocycles. The second-order valence-corrected chi connectivity index (χ2v) is 11.9. The lowest BCUT2D eigenvalue weighted by molar-refractivity contribution is 0.262. The predicted octanol–water partition coefficient (Wildman–Crippen LogP) is 7.15. The van der Waals surface area contributed by atoms with Crippen molar-refractivity contribution in [2.75, 3.05) is 0 Å². The minimum absolute atomic E-state index is 0.120. The first kappa shape index (κ1) is 31.6. The average Bonchev–Trinajstić information content (AvgIpc) is 3.41. The van der Waals surface area contributed by atoms with Crippen LogP contribution < -0.4 is 5.56 Å². The van der Waals surface area contributed by atoms with Gasteiger partial charge in [-0.05, 0) is 60.2 Å². The number of halogens is 5. The van der Waals surface area contributed by atoms with Crippen molar-refractivity contribution >= 4 is 45.7 Å². The van der Waals surface area contributed by atoms with E-state index in [1.165, 1.54) is 58.6 Å². The van der Waals surface area contributed by atoms with Crippen molar-refractivity contribution in [2.24, 2.45) is 0 Å². The Kier molecular flexibility index (Phi) is 8.48. The zero-order valence-electron chi connectivity index (χ0n) is 24.5. The predicted molar refractivity (Wildman–Crippen MR) is 176 cm³/mol. The van der Waals surface area contributed by atoms with Crippen LogP contribution in [-0.2, 0) is 16.9 Å². The van der Waals surface area contributed by atoms with Gasteiger partial charge in [0.2, 0.25) is 5.95 Å². The molecule has 15 heteroatoms. The summed E-state index contributed by atoms with van der Waals surface area (Å²) in [6.07, 6.45) is 5.62. The molecule has 4 heterocycles. The highest BCUT2D eigenvalue weighted by Gasteiger charge is 2.59. The number of epoxide rings is 1. The van der Waals surface area contributed by atoms with Gasteiger partial charge in [0.05, 0.1) is 28.2 Å². The second kappa shape index (κ2) is 12.9. The summed E-state index contributed by atoms with van der Waals surface area (Å²) >= 11 is 18.5. The number of rotatable bonds is 6. The molecule has 1 aliphatic heterocycles. The topological polar surface area (TPSA) is 109 Å². The summed E-state index contributed by atoms with van der Waals surface area (Å²) < 4.78 is 37.2. The molecular weight excluding hydrogens is 685 g/mol. The van der Waals surface area contributed by atoms with E-state index in [1.807, 2.05) is 24.3 Å². The number of ether oxygens (including phenoxy) is 1. The van der Waals surface area contributed by atoms with Gasteiger partial charge in [0.1, 0.15) is 48.6 Å². The first-order valence-corrected chi connectivity index (χ1v) is 15.4. The lowest BCUT2D eigenvalue weighted by Crippen LogP contribution is -2.25. The van der Waals surface area contributed by atoms with Crippen molar-refractivity contribution in [3.63, 3.8) is 0 Å². The van der Waals surface area contributed by atoms with Gasteiger partial charge in [0, 0.05) is 15.6 Å². The van der Waals surface area contributed by atoms with E-state index in [0.717, 1.165) is 17.2 Å². The van der Waals surface area contributed by atoms with Crippen LogP contribution in [0.2, 0.25) is 15.1 Å². The Morgan fingerprint density at radius 3 is 2.27 bits per heavy atom. The van der Waals surface area contributed by atoms with Crippen LogP contribution in [0, 0.1) is 11.6 Å². The summed E-state index contributed by atoms with van der Waals surface area (Å²) in [5.74, 6) is -0.640. The molecule has 2 atom stereocenters. The first-order chi connectivity index (χ1) is 23.2. The molecule has 0 radical (unpaired) electrons. The number of nitrogens with zero attached hydrogens (tertiary/aromatic N) is 8. The Balaban J connectivity index is 0.000000152. The third-order valence-corrected chi connectivity index (χ3v) is 8.55. The van der Waals surface area contributed by atoms with Gasteiger partial charge in [-0.1, -0.05) is 65.1 Å². The third-order valence-electron chi connectivity index (χ3n) is 7.67.